The van der Waals surface area contributed by atoms with Gasteiger partial charge in [-0.25, -0.2) is 4.79 Å². The topological polar surface area (TPSA) is 115 Å². The highest BCUT2D eigenvalue weighted by molar-refractivity contribution is 5.94. The number of rotatable bonds is 14. The van der Waals surface area contributed by atoms with Crippen molar-refractivity contribution in [2.24, 2.45) is 5.92 Å². The van der Waals surface area contributed by atoms with Gasteiger partial charge in [0.1, 0.15) is 19.1 Å². The van der Waals surface area contributed by atoms with E-state index in [0.29, 0.717) is 48.1 Å². The number of amides is 1. The average molecular weight is 563 g/mol. The van der Waals surface area contributed by atoms with Crippen LogP contribution in [0, 0.1) is 5.92 Å². The molecule has 0 bridgehead atoms. The molecule has 0 saturated heterocycles. The van der Waals surface area contributed by atoms with E-state index in [9.17, 15) is 14.7 Å². The summed E-state index contributed by atoms with van der Waals surface area (Å²) in [5, 5.41) is 17.4. The smallest absolute Gasteiger partial charge is 0.344 e. The van der Waals surface area contributed by atoms with E-state index in [1.54, 1.807) is 37.4 Å². The van der Waals surface area contributed by atoms with Crippen LogP contribution in [0.4, 0.5) is 0 Å². The zero-order valence-corrected chi connectivity index (χ0v) is 23.6. The summed E-state index contributed by atoms with van der Waals surface area (Å²) < 4.78 is 21.7. The van der Waals surface area contributed by atoms with Crippen LogP contribution < -0.4 is 24.8 Å². The molecule has 1 unspecified atom stereocenters. The van der Waals surface area contributed by atoms with Crippen molar-refractivity contribution < 1.29 is 33.6 Å². The Hall–Kier alpha value is -4.08. The zero-order chi connectivity index (χ0) is 29.1. The van der Waals surface area contributed by atoms with Gasteiger partial charge in [-0.15, -0.1) is 0 Å². The van der Waals surface area contributed by atoms with E-state index in [2.05, 4.69) is 10.6 Å². The van der Waals surface area contributed by atoms with Crippen molar-refractivity contribution >= 4 is 11.9 Å². The molecule has 0 spiro atoms. The molecule has 3 aromatic rings. The molecule has 3 aromatic carbocycles. The Bertz CT molecular complexity index is 1280. The molecule has 9 heteroatoms. The molecule has 4 rings (SSSR count). The Labute approximate surface area is 240 Å². The highest BCUT2D eigenvalue weighted by Crippen LogP contribution is 2.41. The highest BCUT2D eigenvalue weighted by Gasteiger charge is 2.47. The number of hydrogen-bond donors (Lipinski definition) is 3. The molecule has 0 aromatic heterocycles. The highest BCUT2D eigenvalue weighted by atomic mass is 16.6. The van der Waals surface area contributed by atoms with Crippen molar-refractivity contribution in [1.29, 1.82) is 0 Å². The fourth-order valence-corrected chi connectivity index (χ4v) is 5.06. The van der Waals surface area contributed by atoms with E-state index in [1.807, 2.05) is 42.5 Å². The van der Waals surface area contributed by atoms with Crippen LogP contribution in [0.2, 0.25) is 0 Å². The molecule has 1 aliphatic rings. The Morgan fingerprint density at radius 2 is 1.63 bits per heavy atom. The van der Waals surface area contributed by atoms with Crippen molar-refractivity contribution in [2.75, 3.05) is 34.1 Å². The molecule has 1 aliphatic carbocycles. The van der Waals surface area contributed by atoms with Crippen molar-refractivity contribution in [3.63, 3.8) is 0 Å². The first-order valence-electron chi connectivity index (χ1n) is 13.8. The van der Waals surface area contributed by atoms with Crippen LogP contribution in [-0.2, 0) is 21.7 Å². The number of aliphatic hydroxyl groups is 1. The monoisotopic (exact) mass is 562 g/mol. The maximum atomic E-state index is 13.0. The SMILES string of the molecule is COc1ccc(C(=O)NCc2ccc(OCCNCOC(=O)C(O)(c3ccccc3)C3CCCC3)cc2)cc1OC. The molecule has 9 nitrogen and oxygen atoms in total. The summed E-state index contributed by atoms with van der Waals surface area (Å²) in [5.74, 6) is 0.736. The summed E-state index contributed by atoms with van der Waals surface area (Å²) in [6, 6.07) is 21.5. The lowest BCUT2D eigenvalue weighted by Crippen LogP contribution is -2.44. The van der Waals surface area contributed by atoms with Gasteiger partial charge in [-0.3, -0.25) is 10.1 Å². The van der Waals surface area contributed by atoms with Crippen LogP contribution >= 0.6 is 0 Å². The first kappa shape index (κ1) is 29.9. The van der Waals surface area contributed by atoms with Gasteiger partial charge >= 0.3 is 5.97 Å². The molecule has 0 radical (unpaired) electrons. The normalized spacial score (nSPS) is 14.6. The number of esters is 1. The fourth-order valence-electron chi connectivity index (χ4n) is 5.06. The van der Waals surface area contributed by atoms with Crippen LogP contribution in [0.3, 0.4) is 0 Å². The molecule has 1 atom stereocenters. The van der Waals surface area contributed by atoms with Crippen LogP contribution in [0.25, 0.3) is 0 Å². The molecule has 3 N–H and O–H groups in total. The standard InChI is InChI=1S/C32H38N2O7/c1-38-28-17-14-24(20-29(28)39-2)30(35)34-21-23-12-15-27(16-13-23)40-19-18-33-22-41-31(36)32(37,26-10-6-7-11-26)25-8-4-3-5-9-25/h3-5,8-9,12-17,20,26,33,37H,6-7,10-11,18-19,21-22H2,1-2H3,(H,34,35). The lowest BCUT2D eigenvalue weighted by Gasteiger charge is -2.32. The summed E-state index contributed by atoms with van der Waals surface area (Å²) in [6.07, 6.45) is 3.59. The minimum absolute atomic E-state index is 0.0250. The molecule has 0 aliphatic heterocycles. The summed E-state index contributed by atoms with van der Waals surface area (Å²) in [4.78, 5) is 25.5. The Morgan fingerprint density at radius 1 is 0.927 bits per heavy atom. The van der Waals surface area contributed by atoms with Crippen molar-refractivity contribution in [2.45, 2.75) is 37.8 Å². The van der Waals surface area contributed by atoms with Gasteiger partial charge < -0.3 is 29.4 Å². The number of carbonyl (C=O) groups excluding carboxylic acids is 2. The molecular formula is C32H38N2O7. The van der Waals surface area contributed by atoms with Gasteiger partial charge in [-0.05, 0) is 54.3 Å². The summed E-state index contributed by atoms with van der Waals surface area (Å²) >= 11 is 0. The van der Waals surface area contributed by atoms with Crippen molar-refractivity contribution in [3.05, 3.63) is 89.5 Å². The van der Waals surface area contributed by atoms with Gasteiger partial charge in [0.25, 0.3) is 5.91 Å². The Balaban J connectivity index is 1.17. The quantitative estimate of drug-likeness (QED) is 0.152. The van der Waals surface area contributed by atoms with Gasteiger partial charge in [-0.2, -0.15) is 0 Å². The molecule has 0 heterocycles. The lowest BCUT2D eigenvalue weighted by atomic mass is 9.80. The number of carbonyl (C=O) groups is 2. The summed E-state index contributed by atoms with van der Waals surface area (Å²) in [5.41, 5.74) is 0.330. The maximum absolute atomic E-state index is 13.0. The number of ether oxygens (including phenoxy) is 4. The summed E-state index contributed by atoms with van der Waals surface area (Å²) in [7, 11) is 3.07. The first-order chi connectivity index (χ1) is 20.0. The maximum Gasteiger partial charge on any atom is 0.344 e. The van der Waals surface area contributed by atoms with Gasteiger partial charge in [0.2, 0.25) is 0 Å². The van der Waals surface area contributed by atoms with E-state index in [4.69, 9.17) is 18.9 Å². The van der Waals surface area contributed by atoms with Crippen LogP contribution in [0.1, 0.15) is 47.2 Å². The third kappa shape index (κ3) is 7.56. The third-order valence-corrected chi connectivity index (χ3v) is 7.35. The van der Waals surface area contributed by atoms with Crippen LogP contribution in [0.15, 0.2) is 72.8 Å². The summed E-state index contributed by atoms with van der Waals surface area (Å²) in [6.45, 7) is 1.14. The second-order valence-electron chi connectivity index (χ2n) is 9.93. The molecule has 1 fully saturated rings. The molecule has 218 valence electrons. The molecular weight excluding hydrogens is 524 g/mol. The first-order valence-corrected chi connectivity index (χ1v) is 13.8. The molecule has 1 amide bonds. The Morgan fingerprint density at radius 3 is 2.32 bits per heavy atom. The van der Waals surface area contributed by atoms with Crippen LogP contribution in [0.5, 0.6) is 17.2 Å². The van der Waals surface area contributed by atoms with Gasteiger partial charge in [0, 0.05) is 24.6 Å². The minimum atomic E-state index is -1.64. The van der Waals surface area contributed by atoms with Gasteiger partial charge in [0.15, 0.2) is 17.1 Å². The van der Waals surface area contributed by atoms with Gasteiger partial charge in [-0.1, -0.05) is 55.3 Å². The largest absolute Gasteiger partial charge is 0.493 e. The predicted molar refractivity (Wildman–Crippen MR) is 154 cm³/mol. The van der Waals surface area contributed by atoms with E-state index < -0.39 is 11.6 Å². The number of hydrogen-bond acceptors (Lipinski definition) is 8. The van der Waals surface area contributed by atoms with E-state index >= 15 is 0 Å². The van der Waals surface area contributed by atoms with Gasteiger partial charge in [0.05, 0.1) is 14.2 Å². The third-order valence-electron chi connectivity index (χ3n) is 7.35. The average Bonchev–Trinajstić information content (AvgIpc) is 3.57. The number of methoxy groups -OCH3 is 2. The second kappa shape index (κ2) is 14.5. The van der Waals surface area contributed by atoms with Crippen molar-refractivity contribution in [3.8, 4) is 17.2 Å². The lowest BCUT2D eigenvalue weighted by molar-refractivity contribution is -0.174. The van der Waals surface area contributed by atoms with E-state index in [0.717, 1.165) is 31.2 Å². The van der Waals surface area contributed by atoms with Crippen LogP contribution in [-0.4, -0.2) is 51.1 Å². The minimum Gasteiger partial charge on any atom is -0.493 e. The second-order valence-corrected chi connectivity index (χ2v) is 9.93. The zero-order valence-electron chi connectivity index (χ0n) is 23.6. The fraction of sp³-hybridized carbons (Fsp3) is 0.375. The Kier molecular flexibility index (Phi) is 10.6. The number of benzene rings is 3. The van der Waals surface area contributed by atoms with Crippen molar-refractivity contribution in [1.82, 2.24) is 10.6 Å². The number of nitrogens with one attached hydrogen (secondary N) is 2. The van der Waals surface area contributed by atoms with E-state index in [-0.39, 0.29) is 18.6 Å². The predicted octanol–water partition coefficient (Wildman–Crippen LogP) is 4.18. The van der Waals surface area contributed by atoms with E-state index in [1.165, 1.54) is 7.11 Å². The molecule has 41 heavy (non-hydrogen) atoms. The molecule has 1 saturated carbocycles.